The molecule has 1 aliphatic rings. The maximum atomic E-state index is 12.9. The zero-order chi connectivity index (χ0) is 20.1. The number of fused-ring (bicyclic) bond motifs is 2. The molecule has 5 heteroatoms. The lowest BCUT2D eigenvalue weighted by molar-refractivity contribution is 0.299. The molecular formula is C24H23N3O2. The first-order valence-corrected chi connectivity index (χ1v) is 9.87. The van der Waals surface area contributed by atoms with Crippen molar-refractivity contribution in [2.24, 2.45) is 0 Å². The van der Waals surface area contributed by atoms with E-state index >= 15 is 0 Å². The van der Waals surface area contributed by atoms with Crippen molar-refractivity contribution in [3.8, 4) is 22.6 Å². The van der Waals surface area contributed by atoms with Crippen molar-refractivity contribution in [3.63, 3.8) is 0 Å². The molecule has 1 unspecified atom stereocenters. The van der Waals surface area contributed by atoms with Gasteiger partial charge >= 0.3 is 0 Å². The fraction of sp³-hybridized carbons (Fsp3) is 0.250. The zero-order valence-electron chi connectivity index (χ0n) is 16.8. The van der Waals surface area contributed by atoms with Gasteiger partial charge < -0.3 is 14.3 Å². The van der Waals surface area contributed by atoms with E-state index in [1.54, 1.807) is 12.3 Å². The van der Waals surface area contributed by atoms with Gasteiger partial charge in [-0.25, -0.2) is 4.98 Å². The molecular weight excluding hydrogens is 362 g/mol. The van der Waals surface area contributed by atoms with Gasteiger partial charge in [-0.3, -0.25) is 4.79 Å². The van der Waals surface area contributed by atoms with Gasteiger partial charge in [-0.15, -0.1) is 0 Å². The van der Waals surface area contributed by atoms with Crippen LogP contribution in [0.15, 0.2) is 58.2 Å². The van der Waals surface area contributed by atoms with Gasteiger partial charge in [0.1, 0.15) is 0 Å². The van der Waals surface area contributed by atoms with Crippen LogP contribution in [0.4, 0.5) is 0 Å². The van der Waals surface area contributed by atoms with Crippen LogP contribution in [0.1, 0.15) is 29.2 Å². The number of pyridine rings is 1. The number of nitrogens with one attached hydrogen (secondary N) is 1. The minimum absolute atomic E-state index is 0.00109. The molecule has 1 N–H and O–H groups in total. The van der Waals surface area contributed by atoms with Gasteiger partial charge in [-0.2, -0.15) is 0 Å². The molecule has 2 aromatic carbocycles. The highest BCUT2D eigenvalue weighted by atomic mass is 16.3. The molecule has 0 saturated heterocycles. The lowest BCUT2D eigenvalue weighted by atomic mass is 10.00. The molecule has 1 aliphatic carbocycles. The first-order valence-electron chi connectivity index (χ1n) is 9.87. The van der Waals surface area contributed by atoms with Crippen molar-refractivity contribution in [1.82, 2.24) is 14.9 Å². The van der Waals surface area contributed by atoms with Crippen LogP contribution in [0.3, 0.4) is 0 Å². The number of H-pyrrole nitrogens is 1. The Morgan fingerprint density at radius 2 is 2.03 bits per heavy atom. The van der Waals surface area contributed by atoms with E-state index in [1.807, 2.05) is 19.1 Å². The molecule has 0 amide bonds. The van der Waals surface area contributed by atoms with Crippen molar-refractivity contribution in [2.45, 2.75) is 25.8 Å². The Balaban J connectivity index is 1.61. The highest BCUT2D eigenvalue weighted by Crippen LogP contribution is 2.36. The summed E-state index contributed by atoms with van der Waals surface area (Å²) in [5.74, 6) is 0.668. The molecule has 5 nitrogen and oxygen atoms in total. The van der Waals surface area contributed by atoms with Gasteiger partial charge in [0.05, 0.1) is 11.7 Å². The Kier molecular flexibility index (Phi) is 4.14. The molecule has 0 bridgehead atoms. The number of aromatic amines is 1. The van der Waals surface area contributed by atoms with Crippen molar-refractivity contribution in [3.05, 3.63) is 75.9 Å². The summed E-state index contributed by atoms with van der Waals surface area (Å²) in [5, 5.41) is 0.652. The maximum absolute atomic E-state index is 12.9. The quantitative estimate of drug-likeness (QED) is 0.555. The van der Waals surface area contributed by atoms with Crippen LogP contribution < -0.4 is 5.43 Å². The number of hydrogen-bond acceptors (Lipinski definition) is 4. The lowest BCUT2D eigenvalue weighted by Gasteiger charge is -2.20. The smallest absolute Gasteiger partial charge is 0.190 e. The third-order valence-electron chi connectivity index (χ3n) is 6.00. The fourth-order valence-corrected chi connectivity index (χ4v) is 4.47. The standard InChI is InChI=1S/C24H23N3O2/c1-14-8-21-19(10-18(14)24-12-25-13-29-24)23(28)11-20(26-21)16-4-6-17-15(9-16)5-7-22(17)27(2)3/h4,6,8-13,22H,5,7H2,1-3H3,(H,26,28). The minimum atomic E-state index is 0.00109. The first kappa shape index (κ1) is 17.9. The number of aromatic nitrogens is 2. The van der Waals surface area contributed by atoms with Crippen molar-refractivity contribution >= 4 is 10.9 Å². The van der Waals surface area contributed by atoms with Crippen LogP contribution in [0.2, 0.25) is 0 Å². The highest BCUT2D eigenvalue weighted by molar-refractivity contribution is 5.87. The lowest BCUT2D eigenvalue weighted by Crippen LogP contribution is -2.17. The summed E-state index contributed by atoms with van der Waals surface area (Å²) in [6.45, 7) is 2.01. The van der Waals surface area contributed by atoms with Crippen LogP contribution in [-0.4, -0.2) is 29.0 Å². The van der Waals surface area contributed by atoms with Crippen molar-refractivity contribution in [1.29, 1.82) is 0 Å². The van der Waals surface area contributed by atoms with Crippen LogP contribution in [0.5, 0.6) is 0 Å². The van der Waals surface area contributed by atoms with E-state index in [2.05, 4.69) is 47.2 Å². The molecule has 5 rings (SSSR count). The van der Waals surface area contributed by atoms with Crippen molar-refractivity contribution < 1.29 is 4.42 Å². The Morgan fingerprint density at radius 1 is 1.17 bits per heavy atom. The monoisotopic (exact) mass is 385 g/mol. The Labute approximate surface area is 169 Å². The van der Waals surface area contributed by atoms with Gasteiger partial charge in [0.25, 0.3) is 0 Å². The number of oxazole rings is 1. The Bertz CT molecular complexity index is 1270. The van der Waals surface area contributed by atoms with E-state index in [-0.39, 0.29) is 5.43 Å². The van der Waals surface area contributed by atoms with Crippen LogP contribution >= 0.6 is 0 Å². The summed E-state index contributed by atoms with van der Waals surface area (Å²) in [5.41, 5.74) is 7.43. The van der Waals surface area contributed by atoms with E-state index < -0.39 is 0 Å². The SMILES string of the molecule is Cc1cc2[nH]c(-c3ccc4c(c3)CCC4N(C)C)cc(=O)c2cc1-c1cnco1. The number of aryl methyl sites for hydroxylation is 2. The summed E-state index contributed by atoms with van der Waals surface area (Å²) in [4.78, 5) is 22.6. The van der Waals surface area contributed by atoms with E-state index in [9.17, 15) is 4.79 Å². The molecule has 0 radical (unpaired) electrons. The second kappa shape index (κ2) is 6.71. The summed E-state index contributed by atoms with van der Waals surface area (Å²) < 4.78 is 5.42. The first-order chi connectivity index (χ1) is 14.0. The molecule has 0 aliphatic heterocycles. The van der Waals surface area contributed by atoms with E-state index in [0.717, 1.165) is 40.7 Å². The van der Waals surface area contributed by atoms with Gasteiger partial charge in [-0.05, 0) is 74.3 Å². The molecule has 146 valence electrons. The predicted octanol–water partition coefficient (Wildman–Crippen LogP) is 4.71. The molecule has 4 aromatic rings. The fourth-order valence-electron chi connectivity index (χ4n) is 4.47. The zero-order valence-corrected chi connectivity index (χ0v) is 16.8. The highest BCUT2D eigenvalue weighted by Gasteiger charge is 2.24. The van der Waals surface area contributed by atoms with Crippen molar-refractivity contribution in [2.75, 3.05) is 14.1 Å². The number of hydrogen-bond donors (Lipinski definition) is 1. The summed E-state index contributed by atoms with van der Waals surface area (Å²) >= 11 is 0. The minimum Gasteiger partial charge on any atom is -0.444 e. The van der Waals surface area contributed by atoms with E-state index in [4.69, 9.17) is 4.42 Å². The van der Waals surface area contributed by atoms with Gasteiger partial charge in [0, 0.05) is 28.8 Å². The van der Waals surface area contributed by atoms with Gasteiger partial charge in [0.2, 0.25) is 0 Å². The number of rotatable bonds is 3. The average molecular weight is 385 g/mol. The number of benzene rings is 2. The average Bonchev–Trinajstić information content (AvgIpc) is 3.36. The molecule has 0 spiro atoms. The maximum Gasteiger partial charge on any atom is 0.190 e. The predicted molar refractivity (Wildman–Crippen MR) is 115 cm³/mol. The molecule has 1 atom stereocenters. The summed E-state index contributed by atoms with van der Waals surface area (Å²) in [6.07, 6.45) is 5.29. The largest absolute Gasteiger partial charge is 0.444 e. The van der Waals surface area contributed by atoms with Crippen LogP contribution in [0.25, 0.3) is 33.5 Å². The van der Waals surface area contributed by atoms with E-state index in [1.165, 1.54) is 17.5 Å². The Hall–Kier alpha value is -3.18. The second-order valence-electron chi connectivity index (χ2n) is 8.06. The van der Waals surface area contributed by atoms with E-state index in [0.29, 0.717) is 17.2 Å². The summed E-state index contributed by atoms with van der Waals surface area (Å²) in [6, 6.07) is 12.6. The summed E-state index contributed by atoms with van der Waals surface area (Å²) in [7, 11) is 4.26. The molecule has 2 aromatic heterocycles. The molecule has 0 saturated carbocycles. The topological polar surface area (TPSA) is 62.1 Å². The Morgan fingerprint density at radius 3 is 2.79 bits per heavy atom. The van der Waals surface area contributed by atoms with Crippen LogP contribution in [0, 0.1) is 6.92 Å². The number of nitrogens with zero attached hydrogens (tertiary/aromatic N) is 2. The third kappa shape index (κ3) is 2.98. The third-order valence-corrected chi connectivity index (χ3v) is 6.00. The van der Waals surface area contributed by atoms with Crippen LogP contribution in [-0.2, 0) is 6.42 Å². The molecule has 29 heavy (non-hydrogen) atoms. The van der Waals surface area contributed by atoms with Gasteiger partial charge in [0.15, 0.2) is 17.6 Å². The second-order valence-corrected chi connectivity index (χ2v) is 8.06. The molecule has 0 fully saturated rings. The normalized spacial score (nSPS) is 15.9. The molecule has 2 heterocycles. The van der Waals surface area contributed by atoms with Gasteiger partial charge in [-0.1, -0.05) is 12.1 Å².